The molecule has 0 spiro atoms. The minimum atomic E-state index is -0.194. The SMILES string of the molecule is Cc1cc(NC(=O)CN(C)C(=O)c2cccs2)ccc1N1CCCC1. The average Bonchev–Trinajstić information content (AvgIpc) is 3.27. The van der Waals surface area contributed by atoms with Crippen LogP contribution >= 0.6 is 11.3 Å². The smallest absolute Gasteiger partial charge is 0.264 e. The van der Waals surface area contributed by atoms with Gasteiger partial charge in [0, 0.05) is 31.5 Å². The summed E-state index contributed by atoms with van der Waals surface area (Å²) in [5.74, 6) is -0.327. The normalized spacial score (nSPS) is 13.8. The predicted octanol–water partition coefficient (Wildman–Crippen LogP) is 3.37. The number of hydrogen-bond acceptors (Lipinski definition) is 4. The minimum absolute atomic E-state index is 0.0314. The summed E-state index contributed by atoms with van der Waals surface area (Å²) >= 11 is 1.38. The van der Waals surface area contributed by atoms with Crippen LogP contribution in [0.2, 0.25) is 0 Å². The zero-order valence-corrected chi connectivity index (χ0v) is 15.4. The summed E-state index contributed by atoms with van der Waals surface area (Å²) in [5, 5.41) is 4.74. The monoisotopic (exact) mass is 357 g/mol. The van der Waals surface area contributed by atoms with E-state index < -0.39 is 0 Å². The van der Waals surface area contributed by atoms with Gasteiger partial charge in [0.1, 0.15) is 0 Å². The van der Waals surface area contributed by atoms with Crippen LogP contribution in [-0.4, -0.2) is 43.4 Å². The van der Waals surface area contributed by atoms with E-state index in [4.69, 9.17) is 0 Å². The van der Waals surface area contributed by atoms with Gasteiger partial charge in [-0.2, -0.15) is 0 Å². The average molecular weight is 357 g/mol. The highest BCUT2D eigenvalue weighted by molar-refractivity contribution is 7.12. The van der Waals surface area contributed by atoms with Gasteiger partial charge in [0.05, 0.1) is 11.4 Å². The largest absolute Gasteiger partial charge is 0.371 e. The lowest BCUT2D eigenvalue weighted by molar-refractivity contribution is -0.116. The van der Waals surface area contributed by atoms with Gasteiger partial charge in [-0.3, -0.25) is 9.59 Å². The Kier molecular flexibility index (Phi) is 5.38. The lowest BCUT2D eigenvalue weighted by atomic mass is 10.1. The van der Waals surface area contributed by atoms with Gasteiger partial charge in [0.25, 0.3) is 5.91 Å². The molecule has 1 aliphatic rings. The molecule has 1 N–H and O–H groups in total. The van der Waals surface area contributed by atoms with E-state index >= 15 is 0 Å². The number of likely N-dealkylation sites (N-methyl/N-ethyl adjacent to an activating group) is 1. The number of rotatable bonds is 5. The molecule has 5 nitrogen and oxygen atoms in total. The van der Waals surface area contributed by atoms with E-state index in [2.05, 4.69) is 23.2 Å². The maximum absolute atomic E-state index is 12.2. The second-order valence-electron chi connectivity index (χ2n) is 6.38. The lowest BCUT2D eigenvalue weighted by Gasteiger charge is -2.21. The molecule has 0 unspecified atom stereocenters. The van der Waals surface area contributed by atoms with Gasteiger partial charge in [-0.1, -0.05) is 6.07 Å². The van der Waals surface area contributed by atoms with E-state index in [1.165, 1.54) is 34.8 Å². The summed E-state index contributed by atoms with van der Waals surface area (Å²) in [6, 6.07) is 9.58. The van der Waals surface area contributed by atoms with Crippen molar-refractivity contribution in [3.63, 3.8) is 0 Å². The van der Waals surface area contributed by atoms with E-state index in [0.717, 1.165) is 24.3 Å². The highest BCUT2D eigenvalue weighted by Gasteiger charge is 2.17. The zero-order valence-electron chi connectivity index (χ0n) is 14.6. The maximum atomic E-state index is 12.2. The fraction of sp³-hybridized carbons (Fsp3) is 0.368. The topological polar surface area (TPSA) is 52.7 Å². The Morgan fingerprint density at radius 3 is 2.64 bits per heavy atom. The van der Waals surface area contributed by atoms with E-state index in [0.29, 0.717) is 4.88 Å². The second kappa shape index (κ2) is 7.70. The van der Waals surface area contributed by atoms with Crippen molar-refractivity contribution in [3.05, 3.63) is 46.2 Å². The molecule has 1 aromatic heterocycles. The lowest BCUT2D eigenvalue weighted by Crippen LogP contribution is -2.34. The first-order valence-electron chi connectivity index (χ1n) is 8.49. The molecule has 25 heavy (non-hydrogen) atoms. The van der Waals surface area contributed by atoms with Gasteiger partial charge in [0.2, 0.25) is 5.91 Å². The van der Waals surface area contributed by atoms with Gasteiger partial charge in [0.15, 0.2) is 0 Å². The van der Waals surface area contributed by atoms with Crippen LogP contribution in [0.15, 0.2) is 35.7 Å². The Bertz CT molecular complexity index is 752. The molecule has 0 bridgehead atoms. The summed E-state index contributed by atoms with van der Waals surface area (Å²) in [6.45, 7) is 4.30. The van der Waals surface area contributed by atoms with Gasteiger partial charge >= 0.3 is 0 Å². The molecule has 1 aromatic carbocycles. The highest BCUT2D eigenvalue weighted by atomic mass is 32.1. The van der Waals surface area contributed by atoms with E-state index in [-0.39, 0.29) is 18.4 Å². The van der Waals surface area contributed by atoms with Crippen LogP contribution in [-0.2, 0) is 4.79 Å². The number of aryl methyl sites for hydroxylation is 1. The first kappa shape index (κ1) is 17.5. The Morgan fingerprint density at radius 2 is 2.00 bits per heavy atom. The van der Waals surface area contributed by atoms with Crippen LogP contribution in [0.4, 0.5) is 11.4 Å². The number of thiophene rings is 1. The Balaban J connectivity index is 1.59. The number of carbonyl (C=O) groups excluding carboxylic acids is 2. The van der Waals surface area contributed by atoms with Crippen LogP contribution in [0.5, 0.6) is 0 Å². The number of benzene rings is 1. The number of nitrogens with zero attached hydrogens (tertiary/aromatic N) is 2. The van der Waals surface area contributed by atoms with Crippen molar-refractivity contribution in [3.8, 4) is 0 Å². The molecular formula is C19H23N3O2S. The van der Waals surface area contributed by atoms with E-state index in [1.54, 1.807) is 13.1 Å². The van der Waals surface area contributed by atoms with Crippen LogP contribution in [0.1, 0.15) is 28.1 Å². The van der Waals surface area contributed by atoms with Crippen molar-refractivity contribution in [2.24, 2.45) is 0 Å². The third-order valence-corrected chi connectivity index (χ3v) is 5.24. The van der Waals surface area contributed by atoms with Crippen molar-refractivity contribution in [2.75, 3.05) is 36.9 Å². The molecule has 0 aliphatic carbocycles. The molecule has 0 saturated carbocycles. The van der Waals surface area contributed by atoms with Gasteiger partial charge in [-0.05, 0) is 55.0 Å². The predicted molar refractivity (Wildman–Crippen MR) is 103 cm³/mol. The Morgan fingerprint density at radius 1 is 1.24 bits per heavy atom. The highest BCUT2D eigenvalue weighted by Crippen LogP contribution is 2.26. The van der Waals surface area contributed by atoms with Crippen LogP contribution in [0, 0.1) is 6.92 Å². The first-order chi connectivity index (χ1) is 12.0. The molecule has 3 rings (SSSR count). The molecule has 6 heteroatoms. The van der Waals surface area contributed by atoms with Crippen molar-refractivity contribution in [1.82, 2.24) is 4.90 Å². The van der Waals surface area contributed by atoms with Gasteiger partial charge in [-0.25, -0.2) is 0 Å². The molecule has 132 valence electrons. The molecule has 1 saturated heterocycles. The molecule has 1 fully saturated rings. The van der Waals surface area contributed by atoms with Crippen LogP contribution in [0.25, 0.3) is 0 Å². The standard InChI is InChI=1S/C19H23N3O2S/c1-14-12-15(7-8-16(14)22-9-3-4-10-22)20-18(23)13-21(2)19(24)17-6-5-11-25-17/h5-8,11-12H,3-4,9-10,13H2,1-2H3,(H,20,23). The van der Waals surface area contributed by atoms with Gasteiger partial charge in [-0.15, -0.1) is 11.3 Å². The Labute approximate surface area is 152 Å². The summed E-state index contributed by atoms with van der Waals surface area (Å²) in [6.07, 6.45) is 2.48. The van der Waals surface area contributed by atoms with E-state index in [9.17, 15) is 9.59 Å². The number of carbonyl (C=O) groups is 2. The van der Waals surface area contributed by atoms with E-state index in [1.807, 2.05) is 23.6 Å². The molecule has 2 amide bonds. The third-order valence-electron chi connectivity index (χ3n) is 4.39. The van der Waals surface area contributed by atoms with Crippen LogP contribution < -0.4 is 10.2 Å². The second-order valence-corrected chi connectivity index (χ2v) is 7.33. The van der Waals surface area contributed by atoms with Crippen molar-refractivity contribution >= 4 is 34.5 Å². The molecular weight excluding hydrogens is 334 g/mol. The molecule has 1 aliphatic heterocycles. The zero-order chi connectivity index (χ0) is 17.8. The number of amides is 2. The van der Waals surface area contributed by atoms with Crippen LogP contribution in [0.3, 0.4) is 0 Å². The molecule has 2 aromatic rings. The number of anilines is 2. The molecule has 0 radical (unpaired) electrons. The van der Waals surface area contributed by atoms with Crippen molar-refractivity contribution in [1.29, 1.82) is 0 Å². The maximum Gasteiger partial charge on any atom is 0.264 e. The fourth-order valence-corrected chi connectivity index (χ4v) is 3.84. The quantitative estimate of drug-likeness (QED) is 0.893. The number of hydrogen-bond donors (Lipinski definition) is 1. The summed E-state index contributed by atoms with van der Waals surface area (Å²) in [4.78, 5) is 28.9. The van der Waals surface area contributed by atoms with Crippen molar-refractivity contribution < 1.29 is 9.59 Å². The first-order valence-corrected chi connectivity index (χ1v) is 9.37. The summed E-state index contributed by atoms with van der Waals surface area (Å²) in [5.41, 5.74) is 3.16. The fourth-order valence-electron chi connectivity index (χ4n) is 3.12. The number of nitrogens with one attached hydrogen (secondary N) is 1. The summed E-state index contributed by atoms with van der Waals surface area (Å²) in [7, 11) is 1.64. The minimum Gasteiger partial charge on any atom is -0.371 e. The molecule has 0 atom stereocenters. The third kappa shape index (κ3) is 4.20. The molecule has 2 heterocycles. The van der Waals surface area contributed by atoms with Gasteiger partial charge < -0.3 is 15.1 Å². The summed E-state index contributed by atoms with van der Waals surface area (Å²) < 4.78 is 0. The Hall–Kier alpha value is -2.34. The van der Waals surface area contributed by atoms with Crippen molar-refractivity contribution in [2.45, 2.75) is 19.8 Å².